The van der Waals surface area contributed by atoms with Crippen molar-refractivity contribution < 1.29 is 42.0 Å². The first-order valence-corrected chi connectivity index (χ1v) is 9.69. The van der Waals surface area contributed by atoms with E-state index in [0.717, 1.165) is 0 Å². The topological polar surface area (TPSA) is 0 Å². The largest absolute Gasteiger partial charge is 2.00 e. The van der Waals surface area contributed by atoms with E-state index in [0.29, 0.717) is 24.9 Å². The Labute approximate surface area is 110 Å². The number of halogens is 1. The van der Waals surface area contributed by atoms with Crippen molar-refractivity contribution in [1.29, 1.82) is 0 Å². The van der Waals surface area contributed by atoms with Crippen molar-refractivity contribution in [3.05, 3.63) is 60.7 Å². The third-order valence-corrected chi connectivity index (χ3v) is 0.702. The Morgan fingerprint density at radius 3 is 1.00 bits per heavy atom. The fourth-order valence-electron chi connectivity index (χ4n) is 0.361. The van der Waals surface area contributed by atoms with Crippen LogP contribution in [0.3, 0.4) is 0 Å². The van der Waals surface area contributed by atoms with E-state index >= 15 is 0 Å². The van der Waals surface area contributed by atoms with Crippen LogP contribution in [-0.4, -0.2) is 0 Å². The van der Waals surface area contributed by atoms with Crippen LogP contribution in [-0.2, 0) is 42.0 Å². The molecule has 3 heteroatoms. The fraction of sp³-hybridized carbons (Fsp3) is 0. The van der Waals surface area contributed by atoms with E-state index in [1.54, 1.807) is 12.1 Å². The minimum atomic E-state index is 0. The van der Waals surface area contributed by atoms with E-state index in [9.17, 15) is 0 Å². The zero-order valence-corrected chi connectivity index (χ0v) is 14.0. The van der Waals surface area contributed by atoms with E-state index in [1.165, 1.54) is 0 Å². The normalized spacial score (nSPS) is 6.69. The van der Waals surface area contributed by atoms with E-state index in [1.807, 2.05) is 0 Å². The predicted octanol–water partition coefficient (Wildman–Crippen LogP) is 1.90. The molecule has 2 aromatic rings. The van der Waals surface area contributed by atoms with E-state index < -0.39 is 0 Å². The molecule has 2 aromatic carbocycles. The Bertz CT molecular complexity index is 154. The Hall–Kier alpha value is 0.445. The molecule has 0 atom stereocenters. The van der Waals surface area contributed by atoms with Gasteiger partial charge in [-0.25, -0.2) is 0 Å². The van der Waals surface area contributed by atoms with Gasteiger partial charge in [-0.1, -0.05) is 0 Å². The maximum atomic E-state index is 4.83. The second-order valence-electron chi connectivity index (χ2n) is 1.37. The van der Waals surface area contributed by atoms with Crippen LogP contribution in [0.1, 0.15) is 0 Å². The summed E-state index contributed by atoms with van der Waals surface area (Å²) in [5.74, 6) is 0. The van der Waals surface area contributed by atoms with Crippen LogP contribution in [0.2, 0.25) is 0 Å². The van der Waals surface area contributed by atoms with Crippen LogP contribution in [0, 0.1) is 48.5 Å². The zero-order valence-electron chi connectivity index (χ0n) is 6.59. The van der Waals surface area contributed by atoms with Crippen LogP contribution in [0.5, 0.6) is 0 Å². The minimum Gasteiger partial charge on any atom is -0.999 e. The molecule has 0 aliphatic carbocycles. The molecule has 0 nitrogen and oxygen atoms in total. The van der Waals surface area contributed by atoms with Crippen molar-refractivity contribution in [2.45, 2.75) is 0 Å². The third kappa shape index (κ3) is 12.4. The quantitative estimate of drug-likeness (QED) is 0.457. The van der Waals surface area contributed by atoms with E-state index in [2.05, 4.69) is 48.5 Å². The van der Waals surface area contributed by atoms with Crippen molar-refractivity contribution in [3.8, 4) is 0 Å². The first-order chi connectivity index (χ1) is 6.00. The van der Waals surface area contributed by atoms with E-state index in [4.69, 9.17) is 8.25 Å². The van der Waals surface area contributed by atoms with Gasteiger partial charge in [0, 0.05) is 0 Å². The van der Waals surface area contributed by atoms with Gasteiger partial charge in [-0.05, 0) is 0 Å². The van der Waals surface area contributed by atoms with Crippen molar-refractivity contribution in [1.82, 2.24) is 0 Å². The van der Waals surface area contributed by atoms with Gasteiger partial charge in [0.05, 0.1) is 0 Å². The molecule has 0 radical (unpaired) electrons. The standard InChI is InChI=1S/2C5H.ClH.Fe.Hg/c2*1-2-4-5-3-1;;;/h2*1H;1H;;/q2*-5;;+2;+1/p-1. The second kappa shape index (κ2) is 14.9. The zero-order chi connectivity index (χ0) is 9.07. The van der Waals surface area contributed by atoms with Crippen LogP contribution in [0.25, 0.3) is 0 Å². The summed E-state index contributed by atoms with van der Waals surface area (Å²) in [7, 11) is 4.83. The predicted molar refractivity (Wildman–Crippen MR) is 40.6 cm³/mol. The molecule has 0 aromatic heterocycles. The fourth-order valence-corrected chi connectivity index (χ4v) is 0.361. The van der Waals surface area contributed by atoms with Crippen LogP contribution >= 0.6 is 8.25 Å². The molecule has 67 valence electrons. The number of rotatable bonds is 0. The van der Waals surface area contributed by atoms with Crippen molar-refractivity contribution in [2.75, 3.05) is 0 Å². The van der Waals surface area contributed by atoms with Gasteiger partial charge in [-0.15, -0.1) is 0 Å². The first-order valence-electron chi connectivity index (χ1n) is 2.92. The number of hydrogen-bond acceptors (Lipinski definition) is 0. The third-order valence-electron chi connectivity index (χ3n) is 0.702. The smallest absolute Gasteiger partial charge is 0.999 e. The molecule has 2 rings (SSSR count). The van der Waals surface area contributed by atoms with Crippen molar-refractivity contribution >= 4 is 8.25 Å². The number of hydrogen-bond donors (Lipinski definition) is 0. The Balaban J connectivity index is 0. The summed E-state index contributed by atoms with van der Waals surface area (Å²) in [4.78, 5) is 0. The molecule has 13 heavy (non-hydrogen) atoms. The molecule has 0 unspecified atom stereocenters. The second-order valence-corrected chi connectivity index (χ2v) is 1.37. The molecule has 0 bridgehead atoms. The summed E-state index contributed by atoms with van der Waals surface area (Å²) >= 11 is 0.500. The molecule has 0 saturated carbocycles. The van der Waals surface area contributed by atoms with Gasteiger partial charge in [0.2, 0.25) is 0 Å². The Morgan fingerprint density at radius 1 is 0.692 bits per heavy atom. The molecule has 0 fully saturated rings. The van der Waals surface area contributed by atoms with Gasteiger partial charge in [0.1, 0.15) is 0 Å². The maximum Gasteiger partial charge on any atom is 2.00 e. The van der Waals surface area contributed by atoms with Crippen LogP contribution < -0.4 is 0 Å². The first kappa shape index (κ1) is 15.9. The molecule has 0 aliphatic rings. The van der Waals surface area contributed by atoms with Crippen molar-refractivity contribution in [3.63, 3.8) is 0 Å². The van der Waals surface area contributed by atoms with Gasteiger partial charge in [0.25, 0.3) is 0 Å². The molecule has 0 saturated heterocycles. The molecule has 0 aliphatic heterocycles. The maximum absolute atomic E-state index is 4.83. The molecule has 0 amide bonds. The summed E-state index contributed by atoms with van der Waals surface area (Å²) in [6.45, 7) is 0. The van der Waals surface area contributed by atoms with Gasteiger partial charge >= 0.3 is 50.2 Å². The average Bonchev–Trinajstić information content (AvgIpc) is 2.87. The SMILES string of the molecule is [Cl][Hg].[Fe+2].[c-]1[c-][c-][cH-][c-]1.[c-]1[c-][c-][cH-][c-]1. The molecular formula is C10H2ClFeHg-8. The monoisotopic (exact) mass is 415 g/mol. The van der Waals surface area contributed by atoms with Gasteiger partial charge in [0.15, 0.2) is 0 Å². The summed E-state index contributed by atoms with van der Waals surface area (Å²) < 4.78 is 0. The van der Waals surface area contributed by atoms with Gasteiger partial charge in [-0.2, -0.15) is 0 Å². The molecular weight excluding hydrogens is 412 g/mol. The van der Waals surface area contributed by atoms with Gasteiger partial charge in [-0.3, -0.25) is 0 Å². The summed E-state index contributed by atoms with van der Waals surface area (Å²) in [6.07, 6.45) is 0. The van der Waals surface area contributed by atoms with Crippen LogP contribution in [0.15, 0.2) is 12.1 Å². The summed E-state index contributed by atoms with van der Waals surface area (Å²) in [6, 6.07) is 24.0. The summed E-state index contributed by atoms with van der Waals surface area (Å²) in [5.41, 5.74) is 0. The molecule has 0 spiro atoms. The molecule has 0 heterocycles. The van der Waals surface area contributed by atoms with Crippen molar-refractivity contribution in [2.24, 2.45) is 0 Å². The van der Waals surface area contributed by atoms with Crippen LogP contribution in [0.4, 0.5) is 0 Å². The minimum absolute atomic E-state index is 0. The van der Waals surface area contributed by atoms with E-state index in [-0.39, 0.29) is 17.1 Å². The van der Waals surface area contributed by atoms with Gasteiger partial charge < -0.3 is 60.7 Å². The average molecular weight is 414 g/mol. The summed E-state index contributed by atoms with van der Waals surface area (Å²) in [5, 5.41) is 0. The Morgan fingerprint density at radius 2 is 0.923 bits per heavy atom. The molecule has 0 N–H and O–H groups in total. The Kier molecular flexibility index (Phi) is 18.3.